The number of aliphatic hydroxyl groups excluding tert-OH is 1. The van der Waals surface area contributed by atoms with Gasteiger partial charge in [-0.2, -0.15) is 5.26 Å². The van der Waals surface area contributed by atoms with Gasteiger partial charge in [-0.05, 0) is 13.0 Å². The van der Waals surface area contributed by atoms with Gasteiger partial charge >= 0.3 is 0 Å². The molecular weight excluding hydrogens is 180 g/mol. The highest BCUT2D eigenvalue weighted by atomic mass is 16.3. The van der Waals surface area contributed by atoms with Gasteiger partial charge in [-0.25, -0.2) is 0 Å². The van der Waals surface area contributed by atoms with Gasteiger partial charge in [0.05, 0.1) is 11.6 Å². The molecule has 2 heterocycles. The van der Waals surface area contributed by atoms with Crippen LogP contribution in [0.5, 0.6) is 0 Å². The van der Waals surface area contributed by atoms with Gasteiger partial charge < -0.3 is 5.11 Å². The number of hydrogen-bond acceptors (Lipinski definition) is 4. The van der Waals surface area contributed by atoms with Crippen LogP contribution in [0.4, 0.5) is 0 Å². The first-order chi connectivity index (χ1) is 6.72. The van der Waals surface area contributed by atoms with Crippen LogP contribution in [-0.4, -0.2) is 19.7 Å². The van der Waals surface area contributed by atoms with Gasteiger partial charge in [-0.3, -0.25) is 4.40 Å². The summed E-state index contributed by atoms with van der Waals surface area (Å²) in [6.07, 6.45) is 1.01. The summed E-state index contributed by atoms with van der Waals surface area (Å²) in [7, 11) is 0. The Balaban J connectivity index is 2.67. The second-order valence-corrected chi connectivity index (χ2v) is 2.99. The number of hydrogen-bond donors (Lipinski definition) is 1. The SMILES string of the molecule is CC(O)c1nnc2cc(C#N)ccn12. The molecule has 0 aliphatic rings. The maximum Gasteiger partial charge on any atom is 0.166 e. The van der Waals surface area contributed by atoms with Crippen LogP contribution in [0.15, 0.2) is 18.3 Å². The maximum atomic E-state index is 9.35. The predicted octanol–water partition coefficient (Wildman–Crippen LogP) is 0.654. The van der Waals surface area contributed by atoms with E-state index in [4.69, 9.17) is 5.26 Å². The zero-order chi connectivity index (χ0) is 10.1. The second kappa shape index (κ2) is 3.09. The minimum Gasteiger partial charge on any atom is -0.385 e. The highest BCUT2D eigenvalue weighted by Crippen LogP contribution is 2.12. The van der Waals surface area contributed by atoms with E-state index in [9.17, 15) is 5.11 Å². The van der Waals surface area contributed by atoms with E-state index in [1.807, 2.05) is 6.07 Å². The molecule has 0 saturated carbocycles. The Morgan fingerprint density at radius 2 is 2.36 bits per heavy atom. The molecule has 1 unspecified atom stereocenters. The van der Waals surface area contributed by atoms with Crippen molar-refractivity contribution in [2.75, 3.05) is 0 Å². The third-order valence-electron chi connectivity index (χ3n) is 1.94. The van der Waals surface area contributed by atoms with Crippen molar-refractivity contribution in [1.82, 2.24) is 14.6 Å². The number of fused-ring (bicyclic) bond motifs is 1. The molecule has 5 heteroatoms. The molecule has 2 aromatic heterocycles. The Kier molecular flexibility index (Phi) is 1.91. The minimum atomic E-state index is -0.669. The molecule has 0 bridgehead atoms. The lowest BCUT2D eigenvalue weighted by Crippen LogP contribution is -1.98. The van der Waals surface area contributed by atoms with Crippen LogP contribution in [0.25, 0.3) is 5.65 Å². The van der Waals surface area contributed by atoms with Crippen molar-refractivity contribution in [3.63, 3.8) is 0 Å². The van der Waals surface area contributed by atoms with Gasteiger partial charge in [0.25, 0.3) is 0 Å². The summed E-state index contributed by atoms with van der Waals surface area (Å²) < 4.78 is 1.66. The summed E-state index contributed by atoms with van der Waals surface area (Å²) >= 11 is 0. The van der Waals surface area contributed by atoms with Gasteiger partial charge in [-0.15, -0.1) is 10.2 Å². The highest BCUT2D eigenvalue weighted by Gasteiger charge is 2.10. The van der Waals surface area contributed by atoms with E-state index < -0.39 is 6.10 Å². The van der Waals surface area contributed by atoms with Gasteiger partial charge in [0.15, 0.2) is 11.5 Å². The molecule has 0 spiro atoms. The fourth-order valence-electron chi connectivity index (χ4n) is 1.26. The first-order valence-corrected chi connectivity index (χ1v) is 4.15. The zero-order valence-corrected chi connectivity index (χ0v) is 7.55. The van der Waals surface area contributed by atoms with E-state index in [1.165, 1.54) is 0 Å². The van der Waals surface area contributed by atoms with Crippen molar-refractivity contribution in [3.8, 4) is 6.07 Å². The van der Waals surface area contributed by atoms with Crippen molar-refractivity contribution in [3.05, 3.63) is 29.7 Å². The molecule has 1 N–H and O–H groups in total. The summed E-state index contributed by atoms with van der Waals surface area (Å²) in [5.41, 5.74) is 1.10. The molecule has 14 heavy (non-hydrogen) atoms. The molecule has 2 rings (SSSR count). The third kappa shape index (κ3) is 1.22. The lowest BCUT2D eigenvalue weighted by molar-refractivity contribution is 0.187. The van der Waals surface area contributed by atoms with Gasteiger partial charge in [0, 0.05) is 12.3 Å². The molecule has 2 aromatic rings. The van der Waals surface area contributed by atoms with Crippen molar-refractivity contribution in [2.24, 2.45) is 0 Å². The van der Waals surface area contributed by atoms with E-state index in [0.717, 1.165) is 0 Å². The normalized spacial score (nSPS) is 12.6. The fourth-order valence-corrected chi connectivity index (χ4v) is 1.26. The van der Waals surface area contributed by atoms with Crippen molar-refractivity contribution < 1.29 is 5.11 Å². The molecule has 5 nitrogen and oxygen atoms in total. The van der Waals surface area contributed by atoms with Crippen LogP contribution in [0.3, 0.4) is 0 Å². The predicted molar refractivity (Wildman–Crippen MR) is 48.3 cm³/mol. The molecule has 0 radical (unpaired) electrons. The monoisotopic (exact) mass is 188 g/mol. The first-order valence-electron chi connectivity index (χ1n) is 4.15. The molecule has 0 amide bonds. The standard InChI is InChI=1S/C9H8N4O/c1-6(14)9-12-11-8-4-7(5-10)2-3-13(8)9/h2-4,6,14H,1H3. The number of aliphatic hydroxyl groups is 1. The van der Waals surface area contributed by atoms with E-state index >= 15 is 0 Å². The maximum absolute atomic E-state index is 9.35. The summed E-state index contributed by atoms with van der Waals surface area (Å²) in [5.74, 6) is 0.476. The smallest absolute Gasteiger partial charge is 0.166 e. The number of aromatic nitrogens is 3. The van der Waals surface area contributed by atoms with Crippen LogP contribution < -0.4 is 0 Å². The number of nitrogens with zero attached hydrogens (tertiary/aromatic N) is 4. The van der Waals surface area contributed by atoms with Crippen LogP contribution in [0, 0.1) is 11.3 Å². The van der Waals surface area contributed by atoms with E-state index in [-0.39, 0.29) is 0 Å². The average molecular weight is 188 g/mol. The molecule has 0 aliphatic heterocycles. The number of rotatable bonds is 1. The van der Waals surface area contributed by atoms with E-state index in [1.54, 1.807) is 29.7 Å². The number of pyridine rings is 1. The van der Waals surface area contributed by atoms with E-state index in [2.05, 4.69) is 10.2 Å². The Bertz CT molecular complexity index is 509. The zero-order valence-electron chi connectivity index (χ0n) is 7.55. The van der Waals surface area contributed by atoms with Crippen LogP contribution >= 0.6 is 0 Å². The summed E-state index contributed by atoms with van der Waals surface area (Å²) in [5, 5.41) is 25.7. The molecule has 0 aliphatic carbocycles. The third-order valence-corrected chi connectivity index (χ3v) is 1.94. The van der Waals surface area contributed by atoms with Gasteiger partial charge in [0.2, 0.25) is 0 Å². The average Bonchev–Trinajstić information content (AvgIpc) is 2.59. The summed E-state index contributed by atoms with van der Waals surface area (Å²) in [6, 6.07) is 5.29. The van der Waals surface area contributed by atoms with E-state index in [0.29, 0.717) is 17.0 Å². The summed E-state index contributed by atoms with van der Waals surface area (Å²) in [6.45, 7) is 1.62. The molecule has 1 atom stereocenters. The second-order valence-electron chi connectivity index (χ2n) is 2.99. The van der Waals surface area contributed by atoms with Crippen molar-refractivity contribution in [2.45, 2.75) is 13.0 Å². The van der Waals surface area contributed by atoms with Crippen LogP contribution in [0.1, 0.15) is 24.4 Å². The van der Waals surface area contributed by atoms with Crippen molar-refractivity contribution >= 4 is 5.65 Å². The van der Waals surface area contributed by atoms with Crippen LogP contribution in [0.2, 0.25) is 0 Å². The van der Waals surface area contributed by atoms with Gasteiger partial charge in [-0.1, -0.05) is 0 Å². The Hall–Kier alpha value is -1.93. The summed E-state index contributed by atoms with van der Waals surface area (Å²) in [4.78, 5) is 0. The Morgan fingerprint density at radius 1 is 1.57 bits per heavy atom. The molecule has 70 valence electrons. The molecule has 0 fully saturated rings. The lowest BCUT2D eigenvalue weighted by atomic mass is 10.3. The fraction of sp³-hybridized carbons (Fsp3) is 0.222. The highest BCUT2D eigenvalue weighted by molar-refractivity contribution is 5.45. The molecule has 0 aromatic carbocycles. The van der Waals surface area contributed by atoms with Gasteiger partial charge in [0.1, 0.15) is 6.10 Å². The molecular formula is C9H8N4O. The quantitative estimate of drug-likeness (QED) is 0.713. The largest absolute Gasteiger partial charge is 0.385 e. The topological polar surface area (TPSA) is 74.2 Å². The van der Waals surface area contributed by atoms with Crippen LogP contribution in [-0.2, 0) is 0 Å². The minimum absolute atomic E-state index is 0.476. The Morgan fingerprint density at radius 3 is 3.00 bits per heavy atom. The lowest BCUT2D eigenvalue weighted by Gasteiger charge is -2.00. The number of nitriles is 1. The first kappa shape index (κ1) is 8.66. The Labute approximate surface area is 80.2 Å². The molecule has 0 saturated heterocycles. The van der Waals surface area contributed by atoms with Crippen molar-refractivity contribution in [1.29, 1.82) is 5.26 Å².